The second-order valence-corrected chi connectivity index (χ2v) is 6.04. The molecule has 1 fully saturated rings. The zero-order chi connectivity index (χ0) is 16.5. The van der Waals surface area contributed by atoms with Crippen molar-refractivity contribution >= 4 is 11.6 Å². The van der Waals surface area contributed by atoms with Crippen LogP contribution in [0.3, 0.4) is 0 Å². The average Bonchev–Trinajstić information content (AvgIpc) is 3.02. The highest BCUT2D eigenvalue weighted by Crippen LogP contribution is 2.37. The first-order chi connectivity index (χ1) is 11.7. The molecule has 4 rings (SSSR count). The van der Waals surface area contributed by atoms with Gasteiger partial charge >= 0.3 is 0 Å². The first-order valence-electron chi connectivity index (χ1n) is 7.91. The van der Waals surface area contributed by atoms with E-state index in [1.807, 2.05) is 18.2 Å². The number of aliphatic hydroxyl groups excluding tert-OH is 1. The molecule has 1 aliphatic rings. The number of pyridine rings is 1. The quantitative estimate of drug-likeness (QED) is 0.756. The van der Waals surface area contributed by atoms with Crippen LogP contribution in [0.5, 0.6) is 0 Å². The van der Waals surface area contributed by atoms with Crippen molar-refractivity contribution in [2.45, 2.75) is 25.0 Å². The lowest BCUT2D eigenvalue weighted by atomic mass is 9.76. The Morgan fingerprint density at radius 2 is 2.08 bits per heavy atom. The fourth-order valence-corrected chi connectivity index (χ4v) is 3.05. The number of amides is 1. The lowest BCUT2D eigenvalue weighted by Gasteiger charge is -2.37. The van der Waals surface area contributed by atoms with Gasteiger partial charge in [0.1, 0.15) is 0 Å². The number of hydrogen-bond acceptors (Lipinski definition) is 5. The maximum Gasteiger partial charge on any atom is 0.272 e. The van der Waals surface area contributed by atoms with E-state index >= 15 is 0 Å². The van der Waals surface area contributed by atoms with Crippen LogP contribution in [0.15, 0.2) is 48.9 Å². The number of aromatic nitrogens is 4. The van der Waals surface area contributed by atoms with Crippen molar-refractivity contribution in [3.05, 3.63) is 60.3 Å². The van der Waals surface area contributed by atoms with Gasteiger partial charge in [0.25, 0.3) is 5.91 Å². The summed E-state index contributed by atoms with van der Waals surface area (Å²) in [4.78, 5) is 21.2. The van der Waals surface area contributed by atoms with Crippen LogP contribution in [-0.2, 0) is 0 Å². The van der Waals surface area contributed by atoms with Crippen LogP contribution in [0.1, 0.15) is 35.1 Å². The Hall–Kier alpha value is -2.80. The molecule has 122 valence electrons. The lowest BCUT2D eigenvalue weighted by molar-refractivity contribution is 0.0227. The summed E-state index contributed by atoms with van der Waals surface area (Å²) in [5.74, 6) is -0.0912. The van der Waals surface area contributed by atoms with E-state index in [1.165, 1.54) is 0 Å². The van der Waals surface area contributed by atoms with Crippen LogP contribution in [0.2, 0.25) is 0 Å². The molecule has 1 aliphatic carbocycles. The number of aliphatic hydroxyl groups is 1. The van der Waals surface area contributed by atoms with E-state index in [4.69, 9.17) is 0 Å². The van der Waals surface area contributed by atoms with Gasteiger partial charge in [0.05, 0.1) is 17.8 Å². The standard InChI is InChI=1S/C17H17N5O2/c23-12-8-11(9-12)16(13-4-1-2-5-18-13)20-17(24)14-10-15-19-6-3-7-22(15)21-14/h1-7,10-12,16,23H,8-9H2,(H,20,24)/t11?,12?,16-/m1/s1. The van der Waals surface area contributed by atoms with E-state index < -0.39 is 0 Å². The van der Waals surface area contributed by atoms with E-state index in [0.717, 1.165) is 5.69 Å². The van der Waals surface area contributed by atoms with Crippen LogP contribution in [0, 0.1) is 5.92 Å². The molecule has 1 atom stereocenters. The molecule has 3 aromatic heterocycles. The van der Waals surface area contributed by atoms with Crippen LogP contribution in [-0.4, -0.2) is 36.7 Å². The van der Waals surface area contributed by atoms with Gasteiger partial charge < -0.3 is 10.4 Å². The van der Waals surface area contributed by atoms with E-state index in [1.54, 1.807) is 35.2 Å². The molecule has 2 N–H and O–H groups in total. The maximum atomic E-state index is 12.6. The Kier molecular flexibility index (Phi) is 3.70. The number of hydrogen-bond donors (Lipinski definition) is 2. The monoisotopic (exact) mass is 323 g/mol. The zero-order valence-corrected chi connectivity index (χ0v) is 12.9. The summed E-state index contributed by atoms with van der Waals surface area (Å²) in [6, 6.07) is 8.80. The fraction of sp³-hybridized carbons (Fsp3) is 0.294. The van der Waals surface area contributed by atoms with Crippen LogP contribution in [0.4, 0.5) is 0 Å². The molecule has 3 heterocycles. The Labute approximate surface area is 138 Å². The fourth-order valence-electron chi connectivity index (χ4n) is 3.05. The van der Waals surface area contributed by atoms with Gasteiger partial charge in [0.2, 0.25) is 0 Å². The van der Waals surface area contributed by atoms with Gasteiger partial charge in [0.15, 0.2) is 11.3 Å². The van der Waals surface area contributed by atoms with Gasteiger partial charge in [-0.15, -0.1) is 0 Å². The Morgan fingerprint density at radius 1 is 1.25 bits per heavy atom. The van der Waals surface area contributed by atoms with Gasteiger partial charge in [0, 0.05) is 24.7 Å². The Bertz CT molecular complexity index is 825. The van der Waals surface area contributed by atoms with Gasteiger partial charge in [-0.2, -0.15) is 5.10 Å². The summed E-state index contributed by atoms with van der Waals surface area (Å²) in [6.07, 6.45) is 6.14. The first-order valence-corrected chi connectivity index (χ1v) is 7.91. The summed E-state index contributed by atoms with van der Waals surface area (Å²) >= 11 is 0. The second-order valence-electron chi connectivity index (χ2n) is 6.04. The largest absolute Gasteiger partial charge is 0.393 e. The van der Waals surface area contributed by atoms with Gasteiger partial charge in [-0.1, -0.05) is 6.07 Å². The normalized spacial score (nSPS) is 21.2. The molecule has 1 saturated carbocycles. The third kappa shape index (κ3) is 2.74. The van der Waals surface area contributed by atoms with Crippen LogP contribution in [0.25, 0.3) is 5.65 Å². The zero-order valence-electron chi connectivity index (χ0n) is 12.9. The van der Waals surface area contributed by atoms with Crippen LogP contribution >= 0.6 is 0 Å². The van der Waals surface area contributed by atoms with E-state index in [0.29, 0.717) is 24.2 Å². The van der Waals surface area contributed by atoms with Crippen molar-refractivity contribution in [3.63, 3.8) is 0 Å². The molecule has 0 spiro atoms. The number of nitrogens with one attached hydrogen (secondary N) is 1. The predicted molar refractivity (Wildman–Crippen MR) is 86.2 cm³/mol. The average molecular weight is 323 g/mol. The minimum Gasteiger partial charge on any atom is -0.393 e. The van der Waals surface area contributed by atoms with Crippen LogP contribution < -0.4 is 5.32 Å². The van der Waals surface area contributed by atoms with Crippen molar-refractivity contribution in [1.29, 1.82) is 0 Å². The van der Waals surface area contributed by atoms with E-state index in [-0.39, 0.29) is 24.0 Å². The summed E-state index contributed by atoms with van der Waals surface area (Å²) in [6.45, 7) is 0. The molecule has 3 aromatic rings. The van der Waals surface area contributed by atoms with Gasteiger partial charge in [-0.3, -0.25) is 9.78 Å². The number of fused-ring (bicyclic) bond motifs is 1. The third-order valence-corrected chi connectivity index (χ3v) is 4.38. The summed E-state index contributed by atoms with van der Waals surface area (Å²) in [5, 5.41) is 16.9. The Balaban J connectivity index is 1.58. The number of nitrogens with zero attached hydrogens (tertiary/aromatic N) is 4. The molecule has 0 saturated heterocycles. The van der Waals surface area contributed by atoms with Crippen molar-refractivity contribution in [2.24, 2.45) is 5.92 Å². The molecule has 7 nitrogen and oxygen atoms in total. The summed E-state index contributed by atoms with van der Waals surface area (Å²) < 4.78 is 1.57. The highest BCUT2D eigenvalue weighted by Gasteiger charge is 2.36. The van der Waals surface area contributed by atoms with Gasteiger partial charge in [-0.05, 0) is 37.0 Å². The Morgan fingerprint density at radius 3 is 2.79 bits per heavy atom. The molecule has 0 unspecified atom stereocenters. The minimum absolute atomic E-state index is 0.175. The molecule has 0 radical (unpaired) electrons. The van der Waals surface area contributed by atoms with Crippen molar-refractivity contribution in [1.82, 2.24) is 24.9 Å². The molecule has 0 aromatic carbocycles. The molecular formula is C17H17N5O2. The van der Waals surface area contributed by atoms with Crippen molar-refractivity contribution < 1.29 is 9.90 Å². The number of rotatable bonds is 4. The molecule has 24 heavy (non-hydrogen) atoms. The molecule has 1 amide bonds. The number of carbonyl (C=O) groups is 1. The van der Waals surface area contributed by atoms with Crippen molar-refractivity contribution in [3.8, 4) is 0 Å². The minimum atomic E-state index is -0.294. The maximum absolute atomic E-state index is 12.6. The summed E-state index contributed by atoms with van der Waals surface area (Å²) in [5.41, 5.74) is 1.73. The first kappa shape index (κ1) is 14.8. The molecule has 7 heteroatoms. The van der Waals surface area contributed by atoms with Gasteiger partial charge in [-0.25, -0.2) is 9.50 Å². The lowest BCUT2D eigenvalue weighted by Crippen LogP contribution is -2.41. The predicted octanol–water partition coefficient (Wildman–Crippen LogP) is 1.37. The topological polar surface area (TPSA) is 92.4 Å². The molecule has 0 aliphatic heterocycles. The molecule has 0 bridgehead atoms. The van der Waals surface area contributed by atoms with E-state index in [2.05, 4.69) is 20.4 Å². The SMILES string of the molecule is O=C(N[C@@H](c1ccccn1)C1CC(O)C1)c1cc2ncccn2n1. The van der Waals surface area contributed by atoms with E-state index in [9.17, 15) is 9.90 Å². The van der Waals surface area contributed by atoms with Crippen molar-refractivity contribution in [2.75, 3.05) is 0 Å². The molecular weight excluding hydrogens is 306 g/mol. The number of carbonyl (C=O) groups excluding carboxylic acids is 1. The summed E-state index contributed by atoms with van der Waals surface area (Å²) in [7, 11) is 0. The highest BCUT2D eigenvalue weighted by molar-refractivity contribution is 5.93. The highest BCUT2D eigenvalue weighted by atomic mass is 16.3. The third-order valence-electron chi connectivity index (χ3n) is 4.38. The smallest absolute Gasteiger partial charge is 0.272 e. The second kappa shape index (κ2) is 6.01.